The lowest BCUT2D eigenvalue weighted by molar-refractivity contribution is 0.204. The molecule has 1 saturated carbocycles. The third kappa shape index (κ3) is 3.58. The van der Waals surface area contributed by atoms with Crippen LogP contribution in [0.3, 0.4) is 0 Å². The number of alkyl halides is 1. The Balaban J connectivity index is 1.74. The van der Waals surface area contributed by atoms with Gasteiger partial charge in [0.05, 0.1) is 0 Å². The van der Waals surface area contributed by atoms with Crippen molar-refractivity contribution in [2.75, 3.05) is 20.1 Å². The van der Waals surface area contributed by atoms with Crippen molar-refractivity contribution in [2.45, 2.75) is 24.8 Å². The molecule has 1 aromatic rings. The Bertz CT molecular complexity index is 412. The molecule has 1 aromatic heterocycles. The predicted octanol–water partition coefficient (Wildman–Crippen LogP) is 1.80. The van der Waals surface area contributed by atoms with E-state index in [1.165, 1.54) is 0 Å². The topological polar surface area (TPSA) is 25.2 Å². The number of hydrogen-bond donors (Lipinski definition) is 0. The van der Waals surface area contributed by atoms with Gasteiger partial charge in [-0.05, 0) is 31.9 Å². The van der Waals surface area contributed by atoms with Crippen LogP contribution in [0, 0.1) is 5.92 Å². The van der Waals surface area contributed by atoms with Gasteiger partial charge in [-0.25, -0.2) is 0 Å². The lowest BCUT2D eigenvalue weighted by atomic mass is 9.84. The van der Waals surface area contributed by atoms with E-state index in [0.29, 0.717) is 5.38 Å². The molecular weight excluding hydrogens is 236 g/mol. The first-order chi connectivity index (χ1) is 8.15. The summed E-state index contributed by atoms with van der Waals surface area (Å²) in [6, 6.07) is 5.27. The number of hydrogen-bond acceptors (Lipinski definition) is 2. The van der Waals surface area contributed by atoms with Crippen LogP contribution in [-0.4, -0.2) is 35.0 Å². The molecule has 94 valence electrons. The van der Waals surface area contributed by atoms with E-state index >= 15 is 0 Å². The van der Waals surface area contributed by atoms with Crippen molar-refractivity contribution < 1.29 is 0 Å². The Morgan fingerprint density at radius 1 is 1.47 bits per heavy atom. The number of nitrogens with zero attached hydrogens (tertiary/aromatic N) is 2. The molecule has 3 nitrogen and oxygen atoms in total. The molecule has 4 heteroatoms. The van der Waals surface area contributed by atoms with Gasteiger partial charge in [0.15, 0.2) is 0 Å². The highest BCUT2D eigenvalue weighted by molar-refractivity contribution is 6.21. The highest BCUT2D eigenvalue weighted by Crippen LogP contribution is 2.32. The van der Waals surface area contributed by atoms with Crippen molar-refractivity contribution >= 4 is 11.6 Å². The maximum atomic E-state index is 11.5. The molecule has 0 spiro atoms. The van der Waals surface area contributed by atoms with E-state index in [1.54, 1.807) is 16.7 Å². The third-order valence-electron chi connectivity index (χ3n) is 3.37. The van der Waals surface area contributed by atoms with Crippen LogP contribution in [-0.2, 0) is 6.54 Å². The van der Waals surface area contributed by atoms with Gasteiger partial charge in [-0.1, -0.05) is 6.07 Å². The molecule has 1 aliphatic rings. The predicted molar refractivity (Wildman–Crippen MR) is 70.6 cm³/mol. The number of aromatic nitrogens is 1. The Labute approximate surface area is 107 Å². The van der Waals surface area contributed by atoms with Gasteiger partial charge in [-0.2, -0.15) is 0 Å². The van der Waals surface area contributed by atoms with Crippen LogP contribution < -0.4 is 5.56 Å². The molecule has 0 amide bonds. The first-order valence-corrected chi connectivity index (χ1v) is 6.57. The van der Waals surface area contributed by atoms with E-state index in [0.717, 1.165) is 38.4 Å². The fourth-order valence-electron chi connectivity index (χ4n) is 2.26. The lowest BCUT2D eigenvalue weighted by Crippen LogP contribution is -2.36. The van der Waals surface area contributed by atoms with Crippen LogP contribution in [0.2, 0.25) is 0 Å². The largest absolute Gasteiger partial charge is 0.314 e. The Morgan fingerprint density at radius 2 is 2.24 bits per heavy atom. The zero-order valence-corrected chi connectivity index (χ0v) is 10.9. The zero-order chi connectivity index (χ0) is 12.3. The summed E-state index contributed by atoms with van der Waals surface area (Å²) in [6.07, 6.45) is 4.11. The van der Waals surface area contributed by atoms with Crippen molar-refractivity contribution in [1.29, 1.82) is 0 Å². The molecule has 17 heavy (non-hydrogen) atoms. The van der Waals surface area contributed by atoms with Gasteiger partial charge in [0.2, 0.25) is 0 Å². The number of rotatable bonds is 5. The molecule has 1 heterocycles. The van der Waals surface area contributed by atoms with E-state index in [2.05, 4.69) is 11.9 Å². The smallest absolute Gasteiger partial charge is 0.250 e. The van der Waals surface area contributed by atoms with Gasteiger partial charge in [-0.3, -0.25) is 4.79 Å². The molecule has 0 radical (unpaired) electrons. The van der Waals surface area contributed by atoms with Crippen molar-refractivity contribution in [2.24, 2.45) is 5.92 Å². The summed E-state index contributed by atoms with van der Waals surface area (Å²) in [5.74, 6) is 0.745. The first-order valence-electron chi connectivity index (χ1n) is 6.13. The van der Waals surface area contributed by atoms with E-state index in [4.69, 9.17) is 11.6 Å². The standard InChI is InChI=1S/C13H19ClN2O/c1-15(10-11-8-12(14)9-11)6-7-16-5-3-2-4-13(16)17/h2-5,11-12H,6-10H2,1H3. The van der Waals surface area contributed by atoms with Crippen LogP contribution >= 0.6 is 11.6 Å². The highest BCUT2D eigenvalue weighted by Gasteiger charge is 2.27. The maximum absolute atomic E-state index is 11.5. The van der Waals surface area contributed by atoms with Gasteiger partial charge in [0.1, 0.15) is 0 Å². The van der Waals surface area contributed by atoms with Crippen LogP contribution in [0.15, 0.2) is 29.2 Å². The molecule has 0 aliphatic heterocycles. The minimum atomic E-state index is 0.0744. The second-order valence-electron chi connectivity index (χ2n) is 4.93. The van der Waals surface area contributed by atoms with Crippen molar-refractivity contribution in [3.8, 4) is 0 Å². The maximum Gasteiger partial charge on any atom is 0.250 e. The average molecular weight is 255 g/mol. The normalized spacial score (nSPS) is 23.7. The van der Waals surface area contributed by atoms with Crippen molar-refractivity contribution in [1.82, 2.24) is 9.47 Å². The lowest BCUT2D eigenvalue weighted by Gasteiger charge is -2.34. The highest BCUT2D eigenvalue weighted by atomic mass is 35.5. The van der Waals surface area contributed by atoms with Gasteiger partial charge in [-0.15, -0.1) is 11.6 Å². The number of halogens is 1. The molecule has 0 N–H and O–H groups in total. The van der Waals surface area contributed by atoms with E-state index in [-0.39, 0.29) is 5.56 Å². The third-order valence-corrected chi connectivity index (χ3v) is 3.73. The summed E-state index contributed by atoms with van der Waals surface area (Å²) >= 11 is 5.96. The summed E-state index contributed by atoms with van der Waals surface area (Å²) in [4.78, 5) is 13.8. The monoisotopic (exact) mass is 254 g/mol. The summed E-state index contributed by atoms with van der Waals surface area (Å²) in [6.45, 7) is 2.76. The molecule has 1 fully saturated rings. The molecular formula is C13H19ClN2O. The van der Waals surface area contributed by atoms with Gasteiger partial charge in [0.25, 0.3) is 5.56 Å². The second-order valence-corrected chi connectivity index (χ2v) is 5.55. The number of pyridine rings is 1. The van der Waals surface area contributed by atoms with Crippen LogP contribution in [0.5, 0.6) is 0 Å². The molecule has 0 saturated heterocycles. The molecule has 0 atom stereocenters. The fraction of sp³-hybridized carbons (Fsp3) is 0.615. The molecule has 2 rings (SSSR count). The Hall–Kier alpha value is -0.800. The van der Waals surface area contributed by atoms with Gasteiger partial charge < -0.3 is 9.47 Å². The Morgan fingerprint density at radius 3 is 2.88 bits per heavy atom. The summed E-state index contributed by atoms with van der Waals surface area (Å²) in [5, 5.41) is 0.394. The summed E-state index contributed by atoms with van der Waals surface area (Å²) in [7, 11) is 2.11. The van der Waals surface area contributed by atoms with Gasteiger partial charge in [0, 0.05) is 37.3 Å². The quantitative estimate of drug-likeness (QED) is 0.749. The molecule has 0 unspecified atom stereocenters. The van der Waals surface area contributed by atoms with Crippen LogP contribution in [0.4, 0.5) is 0 Å². The van der Waals surface area contributed by atoms with Crippen LogP contribution in [0.1, 0.15) is 12.8 Å². The van der Waals surface area contributed by atoms with E-state index < -0.39 is 0 Å². The molecule has 0 aromatic carbocycles. The van der Waals surface area contributed by atoms with Crippen molar-refractivity contribution in [3.63, 3.8) is 0 Å². The van der Waals surface area contributed by atoms with Crippen molar-refractivity contribution in [3.05, 3.63) is 34.7 Å². The van der Waals surface area contributed by atoms with Gasteiger partial charge >= 0.3 is 0 Å². The fourth-order valence-corrected chi connectivity index (χ4v) is 2.76. The van der Waals surface area contributed by atoms with Crippen LogP contribution in [0.25, 0.3) is 0 Å². The minimum absolute atomic E-state index is 0.0744. The number of likely N-dealkylation sites (N-methyl/N-ethyl adjacent to an activating group) is 1. The minimum Gasteiger partial charge on any atom is -0.314 e. The second kappa shape index (κ2) is 5.69. The SMILES string of the molecule is CN(CCn1ccccc1=O)CC1CC(Cl)C1. The first kappa shape index (κ1) is 12.7. The summed E-state index contributed by atoms with van der Waals surface area (Å²) < 4.78 is 1.75. The zero-order valence-electron chi connectivity index (χ0n) is 10.2. The summed E-state index contributed by atoms with van der Waals surface area (Å²) in [5.41, 5.74) is 0.0744. The molecule has 0 bridgehead atoms. The van der Waals surface area contributed by atoms with E-state index in [9.17, 15) is 4.79 Å². The van der Waals surface area contributed by atoms with E-state index in [1.807, 2.05) is 12.3 Å². The average Bonchev–Trinajstić information content (AvgIpc) is 2.26. The molecule has 1 aliphatic carbocycles. The Kier molecular flexibility index (Phi) is 4.24.